The fraction of sp³-hybridized carbons (Fsp3) is 0.250. The zero-order valence-electron chi connectivity index (χ0n) is 6.14. The van der Waals surface area contributed by atoms with Gasteiger partial charge in [-0.1, -0.05) is 34.7 Å². The third kappa shape index (κ3) is 2.41. The highest BCUT2D eigenvalue weighted by molar-refractivity contribution is 14.1. The van der Waals surface area contributed by atoms with E-state index >= 15 is 0 Å². The van der Waals surface area contributed by atoms with Crippen LogP contribution in [0.3, 0.4) is 0 Å². The molecule has 0 bridgehead atoms. The average Bonchev–Trinajstić information content (AvgIpc) is 2.03. The molecule has 1 nitrogen and oxygen atoms in total. The second-order valence-electron chi connectivity index (χ2n) is 2.21. The molecule has 0 radical (unpaired) electrons. The molecule has 0 spiro atoms. The van der Waals surface area contributed by atoms with E-state index in [0.717, 1.165) is 5.56 Å². The Balaban J connectivity index is 2.86. The quantitative estimate of drug-likeness (QED) is 0.492. The van der Waals surface area contributed by atoms with Gasteiger partial charge in [-0.15, -0.1) is 0 Å². The number of hydrogen-bond acceptors (Lipinski definition) is 1. The van der Waals surface area contributed by atoms with Gasteiger partial charge in [0.1, 0.15) is 5.82 Å². The highest BCUT2D eigenvalue weighted by Crippen LogP contribution is 2.19. The van der Waals surface area contributed by atoms with Gasteiger partial charge in [0.05, 0.1) is 4.05 Å². The number of rotatable bonds is 2. The lowest BCUT2D eigenvalue weighted by molar-refractivity contribution is 0.624. The van der Waals surface area contributed by atoms with Crippen molar-refractivity contribution in [3.8, 4) is 0 Å². The van der Waals surface area contributed by atoms with Crippen LogP contribution in [0, 0.1) is 5.82 Å². The van der Waals surface area contributed by atoms with Gasteiger partial charge in [-0.05, 0) is 24.7 Å². The molecular weight excluding hydrogens is 256 g/mol. The Labute approximate surface area is 79.1 Å². The first-order valence-corrected chi connectivity index (χ1v) is 4.55. The smallest absolute Gasteiger partial charge is 0.123 e. The predicted molar refractivity (Wildman–Crippen MR) is 52.2 cm³/mol. The molecule has 1 aromatic rings. The van der Waals surface area contributed by atoms with Gasteiger partial charge >= 0.3 is 0 Å². The Hall–Kier alpha value is -0.160. The molecule has 0 fully saturated rings. The molecule has 0 saturated heterocycles. The summed E-state index contributed by atoms with van der Waals surface area (Å²) in [7, 11) is 1.85. The fourth-order valence-electron chi connectivity index (χ4n) is 0.831. The Morgan fingerprint density at radius 1 is 1.55 bits per heavy atom. The minimum Gasteiger partial charge on any atom is -0.305 e. The summed E-state index contributed by atoms with van der Waals surface area (Å²) in [5.74, 6) is -0.181. The zero-order valence-corrected chi connectivity index (χ0v) is 8.30. The molecule has 1 atom stereocenters. The van der Waals surface area contributed by atoms with Crippen molar-refractivity contribution in [2.24, 2.45) is 0 Å². The van der Waals surface area contributed by atoms with Crippen LogP contribution < -0.4 is 5.32 Å². The van der Waals surface area contributed by atoms with Crippen LogP contribution in [0.15, 0.2) is 24.3 Å². The Morgan fingerprint density at radius 3 is 2.82 bits per heavy atom. The van der Waals surface area contributed by atoms with Gasteiger partial charge in [0.15, 0.2) is 0 Å². The first kappa shape index (κ1) is 8.93. The van der Waals surface area contributed by atoms with Gasteiger partial charge in [0.25, 0.3) is 0 Å². The van der Waals surface area contributed by atoms with E-state index in [0.29, 0.717) is 0 Å². The summed E-state index contributed by atoms with van der Waals surface area (Å²) in [4.78, 5) is 0. The lowest BCUT2D eigenvalue weighted by atomic mass is 10.2. The van der Waals surface area contributed by atoms with Crippen LogP contribution >= 0.6 is 22.6 Å². The minimum atomic E-state index is -0.181. The molecule has 1 N–H and O–H groups in total. The molecule has 1 rings (SSSR count). The molecule has 11 heavy (non-hydrogen) atoms. The van der Waals surface area contributed by atoms with Gasteiger partial charge in [-0.2, -0.15) is 0 Å². The second kappa shape index (κ2) is 4.01. The van der Waals surface area contributed by atoms with Crippen molar-refractivity contribution in [2.45, 2.75) is 4.05 Å². The molecule has 1 unspecified atom stereocenters. The third-order valence-corrected chi connectivity index (χ3v) is 2.74. The van der Waals surface area contributed by atoms with Crippen LogP contribution in [-0.4, -0.2) is 7.05 Å². The molecule has 0 aliphatic rings. The van der Waals surface area contributed by atoms with Crippen molar-refractivity contribution in [2.75, 3.05) is 7.05 Å². The molecular formula is C8H9FIN. The molecule has 3 heteroatoms. The number of alkyl halides is 1. The van der Waals surface area contributed by atoms with Crippen LogP contribution in [0.4, 0.5) is 4.39 Å². The summed E-state index contributed by atoms with van der Waals surface area (Å²) in [5, 5.41) is 3.03. The van der Waals surface area contributed by atoms with Crippen molar-refractivity contribution in [3.05, 3.63) is 35.6 Å². The Bertz CT molecular complexity index is 239. The third-order valence-electron chi connectivity index (χ3n) is 1.39. The van der Waals surface area contributed by atoms with E-state index < -0.39 is 0 Å². The molecule has 0 aromatic heterocycles. The average molecular weight is 265 g/mol. The maximum Gasteiger partial charge on any atom is 0.123 e. The van der Waals surface area contributed by atoms with Gasteiger partial charge in [-0.25, -0.2) is 4.39 Å². The summed E-state index contributed by atoms with van der Waals surface area (Å²) >= 11 is 2.21. The van der Waals surface area contributed by atoms with Crippen molar-refractivity contribution < 1.29 is 4.39 Å². The van der Waals surface area contributed by atoms with E-state index in [1.165, 1.54) is 12.1 Å². The largest absolute Gasteiger partial charge is 0.305 e. The maximum atomic E-state index is 12.6. The highest BCUT2D eigenvalue weighted by atomic mass is 127. The minimum absolute atomic E-state index is 0.181. The molecule has 60 valence electrons. The Morgan fingerprint density at radius 2 is 2.27 bits per heavy atom. The normalized spacial score (nSPS) is 13.0. The van der Waals surface area contributed by atoms with Crippen LogP contribution in [0.5, 0.6) is 0 Å². The molecule has 1 aromatic carbocycles. The van der Waals surface area contributed by atoms with Gasteiger partial charge in [0.2, 0.25) is 0 Å². The van der Waals surface area contributed by atoms with Crippen molar-refractivity contribution in [3.63, 3.8) is 0 Å². The monoisotopic (exact) mass is 265 g/mol. The first-order valence-electron chi connectivity index (χ1n) is 3.31. The lowest BCUT2D eigenvalue weighted by Gasteiger charge is -2.07. The molecule has 0 aliphatic heterocycles. The van der Waals surface area contributed by atoms with Crippen LogP contribution in [0.1, 0.15) is 9.61 Å². The summed E-state index contributed by atoms with van der Waals surface area (Å²) < 4.78 is 12.8. The van der Waals surface area contributed by atoms with E-state index in [1.807, 2.05) is 13.1 Å². The topological polar surface area (TPSA) is 12.0 Å². The van der Waals surface area contributed by atoms with Crippen molar-refractivity contribution >= 4 is 22.6 Å². The zero-order chi connectivity index (χ0) is 8.27. The van der Waals surface area contributed by atoms with E-state index in [-0.39, 0.29) is 9.87 Å². The van der Waals surface area contributed by atoms with Crippen LogP contribution in [-0.2, 0) is 0 Å². The molecule has 0 saturated carbocycles. The molecule has 0 amide bonds. The summed E-state index contributed by atoms with van der Waals surface area (Å²) in [6.45, 7) is 0. The van der Waals surface area contributed by atoms with E-state index in [9.17, 15) is 4.39 Å². The number of nitrogens with one attached hydrogen (secondary N) is 1. The van der Waals surface area contributed by atoms with E-state index in [1.54, 1.807) is 6.07 Å². The molecule has 0 heterocycles. The summed E-state index contributed by atoms with van der Waals surface area (Å²) in [6, 6.07) is 6.60. The maximum absolute atomic E-state index is 12.6. The fourth-order valence-corrected chi connectivity index (χ4v) is 1.22. The predicted octanol–water partition coefficient (Wildman–Crippen LogP) is 2.48. The highest BCUT2D eigenvalue weighted by Gasteiger charge is 2.03. The standard InChI is InChI=1S/C8H9FIN/c1-11-8(10)6-3-2-4-7(9)5-6/h2-5,8,11H,1H3. The van der Waals surface area contributed by atoms with Gasteiger partial charge in [0, 0.05) is 0 Å². The van der Waals surface area contributed by atoms with Gasteiger partial charge in [-0.3, -0.25) is 0 Å². The Kier molecular flexibility index (Phi) is 3.26. The number of halogens is 2. The SMILES string of the molecule is CNC(I)c1cccc(F)c1. The van der Waals surface area contributed by atoms with E-state index in [2.05, 4.69) is 27.9 Å². The van der Waals surface area contributed by atoms with Crippen LogP contribution in [0.2, 0.25) is 0 Å². The summed E-state index contributed by atoms with van der Waals surface area (Å²) in [6.07, 6.45) is 0. The van der Waals surface area contributed by atoms with Crippen molar-refractivity contribution in [1.82, 2.24) is 5.32 Å². The first-order chi connectivity index (χ1) is 5.24. The van der Waals surface area contributed by atoms with Crippen LogP contribution in [0.25, 0.3) is 0 Å². The number of benzene rings is 1. The van der Waals surface area contributed by atoms with Crippen molar-refractivity contribution in [1.29, 1.82) is 0 Å². The second-order valence-corrected chi connectivity index (χ2v) is 3.45. The van der Waals surface area contributed by atoms with Gasteiger partial charge < -0.3 is 5.32 Å². The number of hydrogen-bond donors (Lipinski definition) is 1. The lowest BCUT2D eigenvalue weighted by Crippen LogP contribution is -2.09. The molecule has 0 aliphatic carbocycles. The van der Waals surface area contributed by atoms with E-state index in [4.69, 9.17) is 0 Å². The summed E-state index contributed by atoms with van der Waals surface area (Å²) in [5.41, 5.74) is 0.966.